The molecular weight excluding hydrogens is 358 g/mol. The molecule has 1 atom stereocenters. The largest absolute Gasteiger partial charge is 0.340 e. The Bertz CT molecular complexity index is 774. The van der Waals surface area contributed by atoms with Crippen LogP contribution in [-0.2, 0) is 11.3 Å². The van der Waals surface area contributed by atoms with Gasteiger partial charge in [0.2, 0.25) is 5.91 Å². The van der Waals surface area contributed by atoms with Crippen LogP contribution in [-0.4, -0.2) is 52.0 Å². The summed E-state index contributed by atoms with van der Waals surface area (Å²) in [6.45, 7) is 4.13. The van der Waals surface area contributed by atoms with Crippen molar-refractivity contribution in [3.63, 3.8) is 0 Å². The molecule has 1 aromatic carbocycles. The minimum absolute atomic E-state index is 0.0447. The molecular formula is C21H25N3O2S. The number of benzene rings is 1. The molecule has 0 saturated carbocycles. The second-order valence-electron chi connectivity index (χ2n) is 6.82. The molecule has 3 rings (SSSR count). The third-order valence-electron chi connectivity index (χ3n) is 4.66. The van der Waals surface area contributed by atoms with E-state index in [0.717, 1.165) is 36.5 Å². The minimum atomic E-state index is -0.244. The van der Waals surface area contributed by atoms with E-state index in [1.54, 1.807) is 17.2 Å². The lowest BCUT2D eigenvalue weighted by atomic mass is 10.2. The van der Waals surface area contributed by atoms with E-state index in [9.17, 15) is 9.59 Å². The lowest BCUT2D eigenvalue weighted by Gasteiger charge is -2.21. The van der Waals surface area contributed by atoms with E-state index in [0.29, 0.717) is 12.1 Å². The smallest absolute Gasteiger partial charge is 0.255 e. The monoisotopic (exact) mass is 383 g/mol. The van der Waals surface area contributed by atoms with Gasteiger partial charge in [-0.2, -0.15) is 0 Å². The Morgan fingerprint density at radius 1 is 1.15 bits per heavy atom. The highest BCUT2D eigenvalue weighted by molar-refractivity contribution is 8.00. The number of rotatable bonds is 6. The van der Waals surface area contributed by atoms with E-state index >= 15 is 0 Å². The Morgan fingerprint density at radius 2 is 1.85 bits per heavy atom. The molecule has 1 saturated heterocycles. The first kappa shape index (κ1) is 19.4. The van der Waals surface area contributed by atoms with Crippen LogP contribution in [0.4, 0.5) is 0 Å². The molecule has 2 amide bonds. The number of hydrogen-bond donors (Lipinski definition) is 0. The number of hydrogen-bond acceptors (Lipinski definition) is 4. The fourth-order valence-corrected chi connectivity index (χ4v) is 4.06. The highest BCUT2D eigenvalue weighted by atomic mass is 32.2. The van der Waals surface area contributed by atoms with Crippen molar-refractivity contribution >= 4 is 23.6 Å². The summed E-state index contributed by atoms with van der Waals surface area (Å²) in [4.78, 5) is 33.0. The first-order valence-electron chi connectivity index (χ1n) is 9.25. The van der Waals surface area contributed by atoms with Crippen molar-refractivity contribution < 1.29 is 9.59 Å². The Morgan fingerprint density at radius 3 is 2.48 bits per heavy atom. The summed E-state index contributed by atoms with van der Waals surface area (Å²) in [7, 11) is 1.82. The Balaban J connectivity index is 1.55. The molecule has 27 heavy (non-hydrogen) atoms. The topological polar surface area (TPSA) is 53.5 Å². The summed E-state index contributed by atoms with van der Waals surface area (Å²) >= 11 is 1.42. The van der Waals surface area contributed by atoms with Crippen LogP contribution in [0.5, 0.6) is 0 Å². The van der Waals surface area contributed by atoms with Crippen LogP contribution in [0.3, 0.4) is 0 Å². The van der Waals surface area contributed by atoms with E-state index in [2.05, 4.69) is 4.98 Å². The molecule has 6 heteroatoms. The van der Waals surface area contributed by atoms with Crippen molar-refractivity contribution in [3.8, 4) is 0 Å². The number of nitrogens with zero attached hydrogens (tertiary/aromatic N) is 3. The number of thioether (sulfide) groups is 1. The SMILES string of the molecule is CC(Sc1ccc(C(=O)N2CCCC2)cn1)C(=O)N(C)Cc1ccccc1. The molecule has 0 aliphatic carbocycles. The quantitative estimate of drug-likeness (QED) is 0.717. The third kappa shape index (κ3) is 5.10. The molecule has 5 nitrogen and oxygen atoms in total. The van der Waals surface area contributed by atoms with Gasteiger partial charge in [0, 0.05) is 32.9 Å². The number of likely N-dealkylation sites (tertiary alicyclic amines) is 1. The Hall–Kier alpha value is -2.34. The molecule has 0 spiro atoms. The van der Waals surface area contributed by atoms with E-state index in [4.69, 9.17) is 0 Å². The summed E-state index contributed by atoms with van der Waals surface area (Å²) in [5, 5.41) is 0.508. The van der Waals surface area contributed by atoms with Crippen LogP contribution < -0.4 is 0 Å². The van der Waals surface area contributed by atoms with E-state index in [-0.39, 0.29) is 17.1 Å². The van der Waals surface area contributed by atoms with Crippen LogP contribution in [0, 0.1) is 0 Å². The summed E-state index contributed by atoms with van der Waals surface area (Å²) in [5.41, 5.74) is 1.72. The van der Waals surface area contributed by atoms with Crippen molar-refractivity contribution in [3.05, 3.63) is 59.8 Å². The number of pyridine rings is 1. The molecule has 1 fully saturated rings. The molecule has 2 heterocycles. The van der Waals surface area contributed by atoms with Crippen molar-refractivity contribution in [1.29, 1.82) is 0 Å². The van der Waals surface area contributed by atoms with Crippen LogP contribution in [0.15, 0.2) is 53.7 Å². The zero-order chi connectivity index (χ0) is 19.2. The molecule has 0 radical (unpaired) electrons. The predicted octanol–water partition coefficient (Wildman–Crippen LogP) is 3.46. The van der Waals surface area contributed by atoms with Gasteiger partial charge in [0.15, 0.2) is 0 Å². The fraction of sp³-hybridized carbons (Fsp3) is 0.381. The second kappa shape index (κ2) is 9.04. The maximum atomic E-state index is 12.6. The lowest BCUT2D eigenvalue weighted by molar-refractivity contribution is -0.129. The second-order valence-corrected chi connectivity index (χ2v) is 8.19. The first-order valence-corrected chi connectivity index (χ1v) is 10.1. The van der Waals surface area contributed by atoms with Crippen molar-refractivity contribution in [2.24, 2.45) is 0 Å². The van der Waals surface area contributed by atoms with Gasteiger partial charge in [-0.25, -0.2) is 4.98 Å². The minimum Gasteiger partial charge on any atom is -0.340 e. The van der Waals surface area contributed by atoms with Gasteiger partial charge in [-0.3, -0.25) is 9.59 Å². The standard InChI is InChI=1S/C21H25N3O2S/c1-16(20(25)23(2)15-17-8-4-3-5-9-17)27-19-11-10-18(14-22-19)21(26)24-12-6-7-13-24/h3-5,8-11,14,16H,6-7,12-13,15H2,1-2H3. The third-order valence-corrected chi connectivity index (χ3v) is 5.70. The number of amides is 2. The van der Waals surface area contributed by atoms with E-state index < -0.39 is 0 Å². The van der Waals surface area contributed by atoms with Gasteiger partial charge in [0.05, 0.1) is 15.8 Å². The van der Waals surface area contributed by atoms with Crippen LogP contribution >= 0.6 is 11.8 Å². The Kier molecular flexibility index (Phi) is 6.50. The summed E-state index contributed by atoms with van der Waals surface area (Å²) in [6.07, 6.45) is 3.76. The van der Waals surface area contributed by atoms with Gasteiger partial charge in [0.1, 0.15) is 0 Å². The molecule has 1 unspecified atom stereocenters. The van der Waals surface area contributed by atoms with Crippen LogP contribution in [0.1, 0.15) is 35.7 Å². The average Bonchev–Trinajstić information content (AvgIpc) is 3.23. The fourth-order valence-electron chi connectivity index (χ4n) is 3.16. The van der Waals surface area contributed by atoms with Crippen LogP contribution in [0.2, 0.25) is 0 Å². The summed E-state index contributed by atoms with van der Waals surface area (Å²) in [6, 6.07) is 13.6. The van der Waals surface area contributed by atoms with Crippen molar-refractivity contribution in [2.45, 2.75) is 36.6 Å². The van der Waals surface area contributed by atoms with E-state index in [1.165, 1.54) is 11.8 Å². The summed E-state index contributed by atoms with van der Waals surface area (Å²) < 4.78 is 0. The molecule has 0 bridgehead atoms. The maximum absolute atomic E-state index is 12.6. The highest BCUT2D eigenvalue weighted by Gasteiger charge is 2.21. The first-order chi connectivity index (χ1) is 13.0. The van der Waals surface area contributed by atoms with Gasteiger partial charge in [-0.15, -0.1) is 0 Å². The molecule has 0 N–H and O–H groups in total. The van der Waals surface area contributed by atoms with E-state index in [1.807, 2.05) is 55.3 Å². The molecule has 1 aliphatic rings. The zero-order valence-electron chi connectivity index (χ0n) is 15.8. The summed E-state index contributed by atoms with van der Waals surface area (Å²) in [5.74, 6) is 0.103. The maximum Gasteiger partial charge on any atom is 0.255 e. The molecule has 2 aromatic rings. The van der Waals surface area contributed by atoms with Crippen LogP contribution in [0.25, 0.3) is 0 Å². The Labute approximate surface area is 164 Å². The van der Waals surface area contributed by atoms with Gasteiger partial charge >= 0.3 is 0 Å². The van der Waals surface area contributed by atoms with Gasteiger partial charge in [-0.1, -0.05) is 42.1 Å². The number of carbonyl (C=O) groups is 2. The lowest BCUT2D eigenvalue weighted by Crippen LogP contribution is -2.32. The van der Waals surface area contributed by atoms with Crippen molar-refractivity contribution in [1.82, 2.24) is 14.8 Å². The number of aromatic nitrogens is 1. The average molecular weight is 384 g/mol. The zero-order valence-corrected chi connectivity index (χ0v) is 16.6. The van der Waals surface area contributed by atoms with Gasteiger partial charge in [0.25, 0.3) is 5.91 Å². The highest BCUT2D eigenvalue weighted by Crippen LogP contribution is 2.23. The molecule has 1 aliphatic heterocycles. The molecule has 1 aromatic heterocycles. The van der Waals surface area contributed by atoms with Gasteiger partial charge < -0.3 is 9.80 Å². The van der Waals surface area contributed by atoms with Gasteiger partial charge in [-0.05, 0) is 37.5 Å². The van der Waals surface area contributed by atoms with Crippen molar-refractivity contribution in [2.75, 3.05) is 20.1 Å². The normalized spacial score (nSPS) is 14.8. The number of carbonyl (C=O) groups excluding carboxylic acids is 2. The predicted molar refractivity (Wildman–Crippen MR) is 108 cm³/mol. The molecule has 142 valence electrons.